The highest BCUT2D eigenvalue weighted by atomic mass is 16.5. The number of hydrogen-bond donors (Lipinski definition) is 2. The summed E-state index contributed by atoms with van der Waals surface area (Å²) in [6.07, 6.45) is 2.74. The maximum atomic E-state index is 13.2. The summed E-state index contributed by atoms with van der Waals surface area (Å²) in [5, 5.41) is 11.4. The van der Waals surface area contributed by atoms with Crippen molar-refractivity contribution in [3.63, 3.8) is 0 Å². The van der Waals surface area contributed by atoms with Gasteiger partial charge in [0.1, 0.15) is 11.6 Å². The zero-order valence-corrected chi connectivity index (χ0v) is 19.0. The summed E-state index contributed by atoms with van der Waals surface area (Å²) in [7, 11) is 4.48. The van der Waals surface area contributed by atoms with E-state index in [4.69, 9.17) is 24.4 Å². The van der Waals surface area contributed by atoms with Gasteiger partial charge >= 0.3 is 5.91 Å². The first-order chi connectivity index (χ1) is 16.4. The fourth-order valence-electron chi connectivity index (χ4n) is 4.37. The Bertz CT molecular complexity index is 1240. The lowest BCUT2D eigenvalue weighted by molar-refractivity contribution is -0.116. The number of rotatable bonds is 6. The Morgan fingerprint density at radius 3 is 2.50 bits per heavy atom. The molecule has 2 aromatic rings. The average Bonchev–Trinajstić information content (AvgIpc) is 3.40. The van der Waals surface area contributed by atoms with Gasteiger partial charge in [-0.1, -0.05) is 0 Å². The summed E-state index contributed by atoms with van der Waals surface area (Å²) in [6, 6.07) is 8.53. The third kappa shape index (κ3) is 3.71. The maximum Gasteiger partial charge on any atom is 0.305 e. The standard InChI is InChI=1S/C24H24N4O6/c1-31-18-11-20(33-3)19(32-2)10-13(18)21-14(12-25)23(26)28(15-6-4-7-16(29)22(15)21)27-24(30)17-8-5-9-34-17/h5,8-11,21H,4,6-7,26H2,1-3H3,(H,27,30). The van der Waals surface area contributed by atoms with Crippen molar-refractivity contribution < 1.29 is 28.2 Å². The van der Waals surface area contributed by atoms with Gasteiger partial charge in [0.25, 0.3) is 0 Å². The SMILES string of the molecule is COc1cc(OC)c(C2C(C#N)=C(N)N(NC(=O)c3ccco3)C3=C2C(=O)CCC3)cc1OC. The van der Waals surface area contributed by atoms with Gasteiger partial charge in [-0.2, -0.15) is 5.26 Å². The lowest BCUT2D eigenvalue weighted by atomic mass is 9.75. The molecule has 176 valence electrons. The van der Waals surface area contributed by atoms with E-state index in [-0.39, 0.29) is 22.9 Å². The van der Waals surface area contributed by atoms with Gasteiger partial charge in [0.2, 0.25) is 0 Å². The molecule has 0 saturated heterocycles. The number of carbonyl (C=O) groups is 2. The van der Waals surface area contributed by atoms with Gasteiger partial charge < -0.3 is 24.4 Å². The van der Waals surface area contributed by atoms with E-state index in [2.05, 4.69) is 11.5 Å². The van der Waals surface area contributed by atoms with Crippen molar-refractivity contribution >= 4 is 11.7 Å². The first-order valence-corrected chi connectivity index (χ1v) is 10.6. The number of nitrogens with two attached hydrogens (primary N) is 1. The number of carbonyl (C=O) groups excluding carboxylic acids is 2. The molecule has 1 aliphatic carbocycles. The van der Waals surface area contributed by atoms with Crippen molar-refractivity contribution in [1.29, 1.82) is 5.26 Å². The summed E-state index contributed by atoms with van der Waals surface area (Å²) in [5.41, 5.74) is 10.6. The second-order valence-corrected chi connectivity index (χ2v) is 7.68. The predicted octanol–water partition coefficient (Wildman–Crippen LogP) is 2.75. The third-order valence-electron chi connectivity index (χ3n) is 5.92. The van der Waals surface area contributed by atoms with Crippen LogP contribution >= 0.6 is 0 Å². The molecule has 1 aromatic heterocycles. The molecule has 10 nitrogen and oxygen atoms in total. The fourth-order valence-corrected chi connectivity index (χ4v) is 4.37. The number of benzene rings is 1. The number of methoxy groups -OCH3 is 3. The van der Waals surface area contributed by atoms with Crippen molar-refractivity contribution in [3.05, 3.63) is 64.5 Å². The number of ketones is 1. The van der Waals surface area contributed by atoms with Crippen LogP contribution in [0, 0.1) is 11.3 Å². The summed E-state index contributed by atoms with van der Waals surface area (Å²) < 4.78 is 21.6. The molecular weight excluding hydrogens is 440 g/mol. The van der Waals surface area contributed by atoms with Gasteiger partial charge in [0, 0.05) is 29.3 Å². The van der Waals surface area contributed by atoms with E-state index in [1.807, 2.05) is 0 Å². The smallest absolute Gasteiger partial charge is 0.305 e. The molecule has 0 bridgehead atoms. The van der Waals surface area contributed by atoms with Gasteiger partial charge in [-0.3, -0.25) is 15.0 Å². The number of amides is 1. The Balaban J connectivity index is 1.90. The number of furan rings is 1. The summed E-state index contributed by atoms with van der Waals surface area (Å²) in [6.45, 7) is 0. The van der Waals surface area contributed by atoms with E-state index in [1.165, 1.54) is 38.7 Å². The second-order valence-electron chi connectivity index (χ2n) is 7.68. The van der Waals surface area contributed by atoms with Crippen LogP contribution in [0.25, 0.3) is 0 Å². The zero-order chi connectivity index (χ0) is 24.4. The Morgan fingerprint density at radius 1 is 1.18 bits per heavy atom. The number of ether oxygens (including phenoxy) is 3. The number of allylic oxidation sites excluding steroid dienone is 3. The zero-order valence-electron chi connectivity index (χ0n) is 19.0. The van der Waals surface area contributed by atoms with Crippen molar-refractivity contribution in [2.45, 2.75) is 25.2 Å². The van der Waals surface area contributed by atoms with Crippen LogP contribution in [0.1, 0.15) is 41.3 Å². The fraction of sp³-hybridized carbons (Fsp3) is 0.292. The molecule has 1 aromatic carbocycles. The molecule has 0 spiro atoms. The van der Waals surface area contributed by atoms with Crippen LogP contribution in [0.3, 0.4) is 0 Å². The minimum absolute atomic E-state index is 0.0118. The largest absolute Gasteiger partial charge is 0.496 e. The average molecular weight is 464 g/mol. The number of hydrogen-bond acceptors (Lipinski definition) is 9. The molecule has 0 saturated carbocycles. The molecule has 1 unspecified atom stereocenters. The topological polar surface area (TPSA) is 140 Å². The number of nitrogens with zero attached hydrogens (tertiary/aromatic N) is 2. The van der Waals surface area contributed by atoms with E-state index in [9.17, 15) is 14.9 Å². The highest BCUT2D eigenvalue weighted by Gasteiger charge is 2.42. The lowest BCUT2D eigenvalue weighted by Gasteiger charge is -2.39. The van der Waals surface area contributed by atoms with Crippen LogP contribution in [-0.2, 0) is 4.79 Å². The number of Topliss-reactive ketones (excluding diaryl/α,β-unsaturated/α-hetero) is 1. The molecule has 10 heteroatoms. The highest BCUT2D eigenvalue weighted by Crippen LogP contribution is 2.48. The van der Waals surface area contributed by atoms with Gasteiger partial charge in [-0.15, -0.1) is 0 Å². The molecule has 0 fully saturated rings. The van der Waals surface area contributed by atoms with E-state index in [0.717, 1.165) is 0 Å². The van der Waals surface area contributed by atoms with Gasteiger partial charge in [0.05, 0.1) is 45.2 Å². The molecule has 3 N–H and O–H groups in total. The van der Waals surface area contributed by atoms with E-state index in [1.54, 1.807) is 18.2 Å². The quantitative estimate of drug-likeness (QED) is 0.660. The van der Waals surface area contributed by atoms with E-state index in [0.29, 0.717) is 53.3 Å². The number of nitrogens with one attached hydrogen (secondary N) is 1. The van der Waals surface area contributed by atoms with Crippen LogP contribution in [-0.4, -0.2) is 38.0 Å². The normalized spacial score (nSPS) is 17.8. The monoisotopic (exact) mass is 464 g/mol. The highest BCUT2D eigenvalue weighted by molar-refractivity contribution is 6.00. The Morgan fingerprint density at radius 2 is 1.88 bits per heavy atom. The van der Waals surface area contributed by atoms with E-state index >= 15 is 0 Å². The summed E-state index contributed by atoms with van der Waals surface area (Å²) in [4.78, 5) is 25.9. The third-order valence-corrected chi connectivity index (χ3v) is 5.92. The summed E-state index contributed by atoms with van der Waals surface area (Å²) >= 11 is 0. The summed E-state index contributed by atoms with van der Waals surface area (Å²) in [5.74, 6) is -0.172. The second kappa shape index (κ2) is 9.23. The molecule has 34 heavy (non-hydrogen) atoms. The van der Waals surface area contributed by atoms with Gasteiger partial charge in [-0.05, 0) is 31.0 Å². The van der Waals surface area contributed by atoms with Crippen LogP contribution in [0.15, 0.2) is 57.6 Å². The maximum absolute atomic E-state index is 13.2. The minimum atomic E-state index is -0.806. The van der Waals surface area contributed by atoms with Crippen molar-refractivity contribution in [2.75, 3.05) is 21.3 Å². The first-order valence-electron chi connectivity index (χ1n) is 10.6. The predicted molar refractivity (Wildman–Crippen MR) is 120 cm³/mol. The molecule has 0 radical (unpaired) electrons. The van der Waals surface area contributed by atoms with Gasteiger partial charge in [0.15, 0.2) is 23.0 Å². The first kappa shape index (κ1) is 22.8. The number of hydrazine groups is 1. The molecule has 4 rings (SSSR count). The van der Waals surface area contributed by atoms with Crippen molar-refractivity contribution in [2.24, 2.45) is 5.73 Å². The minimum Gasteiger partial charge on any atom is -0.496 e. The Labute approximate surface area is 196 Å². The molecule has 1 atom stereocenters. The molecule has 1 aliphatic heterocycles. The molecule has 2 heterocycles. The molecular formula is C24H24N4O6. The van der Waals surface area contributed by atoms with Crippen LogP contribution < -0.4 is 25.4 Å². The lowest BCUT2D eigenvalue weighted by Crippen LogP contribution is -2.48. The van der Waals surface area contributed by atoms with Crippen molar-refractivity contribution in [1.82, 2.24) is 10.4 Å². The van der Waals surface area contributed by atoms with E-state index < -0.39 is 11.8 Å². The van der Waals surface area contributed by atoms with Crippen LogP contribution in [0.2, 0.25) is 0 Å². The van der Waals surface area contributed by atoms with Crippen molar-refractivity contribution in [3.8, 4) is 23.3 Å². The Hall–Kier alpha value is -4.39. The van der Waals surface area contributed by atoms with Crippen LogP contribution in [0.4, 0.5) is 0 Å². The number of nitriles is 1. The van der Waals surface area contributed by atoms with Crippen LogP contribution in [0.5, 0.6) is 17.2 Å². The van der Waals surface area contributed by atoms with Gasteiger partial charge in [-0.25, -0.2) is 5.01 Å². The Kier molecular flexibility index (Phi) is 6.19. The molecule has 1 amide bonds. The molecule has 2 aliphatic rings.